The lowest BCUT2D eigenvalue weighted by molar-refractivity contribution is -0.138. The van der Waals surface area contributed by atoms with Gasteiger partial charge < -0.3 is 20.0 Å². The van der Waals surface area contributed by atoms with E-state index in [-0.39, 0.29) is 24.4 Å². The number of aryl methyl sites for hydroxylation is 1. The number of hydrogen-bond acceptors (Lipinski definition) is 3. The number of rotatable bonds is 4. The van der Waals surface area contributed by atoms with Crippen LogP contribution in [-0.4, -0.2) is 60.4 Å². The molecule has 4 amide bonds. The highest BCUT2D eigenvalue weighted by atomic mass is 16.2. The van der Waals surface area contributed by atoms with Crippen LogP contribution in [0.15, 0.2) is 54.6 Å². The predicted octanol–water partition coefficient (Wildman–Crippen LogP) is 3.43. The Bertz CT molecular complexity index is 1050. The van der Waals surface area contributed by atoms with E-state index in [1.807, 2.05) is 53.4 Å². The first kappa shape index (κ1) is 23.8. The Kier molecular flexibility index (Phi) is 6.91. The molecule has 2 atom stereocenters. The average Bonchev–Trinajstić information content (AvgIpc) is 3.06. The topological polar surface area (TPSA) is 73.0 Å². The van der Waals surface area contributed by atoms with Crippen LogP contribution in [0, 0.1) is 5.92 Å². The molecule has 34 heavy (non-hydrogen) atoms. The smallest absolute Gasteiger partial charge is 0.318 e. The maximum atomic E-state index is 13.8. The van der Waals surface area contributed by atoms with Gasteiger partial charge in [-0.25, -0.2) is 4.79 Å². The van der Waals surface area contributed by atoms with Crippen LogP contribution >= 0.6 is 0 Å². The highest BCUT2D eigenvalue weighted by Crippen LogP contribution is 2.37. The molecule has 0 radical (unpaired) electrons. The van der Waals surface area contributed by atoms with Gasteiger partial charge in [-0.3, -0.25) is 9.59 Å². The number of benzene rings is 2. The second-order valence-corrected chi connectivity index (χ2v) is 9.71. The minimum atomic E-state index is -1.09. The van der Waals surface area contributed by atoms with E-state index in [9.17, 15) is 14.4 Å². The molecule has 0 aromatic heterocycles. The number of carbonyl (C=O) groups is 3. The van der Waals surface area contributed by atoms with E-state index in [2.05, 4.69) is 11.4 Å². The Balaban J connectivity index is 1.57. The van der Waals surface area contributed by atoms with Gasteiger partial charge in [-0.2, -0.15) is 0 Å². The van der Waals surface area contributed by atoms with E-state index in [0.717, 1.165) is 30.5 Å². The average molecular weight is 463 g/mol. The zero-order valence-electron chi connectivity index (χ0n) is 20.3. The number of para-hydroxylation sites is 1. The van der Waals surface area contributed by atoms with Crippen LogP contribution < -0.4 is 10.2 Å². The summed E-state index contributed by atoms with van der Waals surface area (Å²) in [6.45, 7) is 3.01. The van der Waals surface area contributed by atoms with Crippen molar-refractivity contribution in [3.8, 4) is 0 Å². The molecule has 2 aromatic carbocycles. The van der Waals surface area contributed by atoms with Crippen molar-refractivity contribution in [3.63, 3.8) is 0 Å². The van der Waals surface area contributed by atoms with Crippen LogP contribution in [0.2, 0.25) is 0 Å². The molecule has 1 fully saturated rings. The number of anilines is 1. The predicted molar refractivity (Wildman–Crippen MR) is 132 cm³/mol. The van der Waals surface area contributed by atoms with E-state index in [0.29, 0.717) is 19.5 Å². The van der Waals surface area contributed by atoms with Crippen LogP contribution in [-0.2, 0) is 22.6 Å². The number of nitrogens with one attached hydrogen (secondary N) is 1. The van der Waals surface area contributed by atoms with Crippen LogP contribution in [0.3, 0.4) is 0 Å². The number of likely N-dealkylation sites (tertiary alicyclic amines) is 1. The molecule has 2 aliphatic heterocycles. The van der Waals surface area contributed by atoms with Gasteiger partial charge in [0.15, 0.2) is 0 Å². The van der Waals surface area contributed by atoms with Crippen molar-refractivity contribution in [3.05, 3.63) is 65.7 Å². The van der Waals surface area contributed by atoms with Crippen molar-refractivity contribution in [2.24, 2.45) is 5.92 Å². The highest BCUT2D eigenvalue weighted by Gasteiger charge is 2.53. The lowest BCUT2D eigenvalue weighted by Gasteiger charge is -2.35. The molecule has 7 nitrogen and oxygen atoms in total. The van der Waals surface area contributed by atoms with Crippen molar-refractivity contribution in [1.82, 2.24) is 15.1 Å². The molecule has 4 rings (SSSR count). The molecule has 7 heteroatoms. The summed E-state index contributed by atoms with van der Waals surface area (Å²) in [6, 6.07) is 17.4. The zero-order valence-corrected chi connectivity index (χ0v) is 20.3. The fourth-order valence-corrected chi connectivity index (χ4v) is 5.24. The van der Waals surface area contributed by atoms with E-state index < -0.39 is 11.5 Å². The molecule has 2 aliphatic rings. The molecule has 1 unspecified atom stereocenters. The van der Waals surface area contributed by atoms with E-state index in [4.69, 9.17) is 0 Å². The molecule has 0 saturated carbocycles. The molecule has 0 aliphatic carbocycles. The lowest BCUT2D eigenvalue weighted by atomic mass is 9.92. The third-order valence-corrected chi connectivity index (χ3v) is 7.02. The summed E-state index contributed by atoms with van der Waals surface area (Å²) in [5, 5.41) is 2.95. The Morgan fingerprint density at radius 2 is 1.74 bits per heavy atom. The molecule has 180 valence electrons. The van der Waals surface area contributed by atoms with E-state index >= 15 is 0 Å². The summed E-state index contributed by atoms with van der Waals surface area (Å²) in [5.41, 5.74) is 2.02. The quantitative estimate of drug-likeness (QED) is 0.757. The SMILES string of the molecule is CN(C)C(=O)[C@]1(C)CC(C(=O)N2CCCCc3ccccc32)CN1C(=O)NCc1ccccc1. The standard InChI is InChI=1S/C27H34N4O3/c1-27(25(33)29(2)3)17-22(19-31(27)26(34)28-18-20-11-5-4-6-12-20)24(32)30-16-10-9-14-21-13-7-8-15-23(21)30/h4-8,11-13,15,22H,9-10,14,16-19H2,1-3H3,(H,28,34)/t22?,27-/m0/s1. The van der Waals surface area contributed by atoms with Crippen molar-refractivity contribution < 1.29 is 14.4 Å². The minimum absolute atomic E-state index is 0.00881. The van der Waals surface area contributed by atoms with Crippen molar-refractivity contribution in [2.75, 3.05) is 32.1 Å². The number of urea groups is 1. The largest absolute Gasteiger partial charge is 0.347 e. The third kappa shape index (κ3) is 4.65. The lowest BCUT2D eigenvalue weighted by Crippen LogP contribution is -2.57. The molecule has 1 N–H and O–H groups in total. The van der Waals surface area contributed by atoms with Gasteiger partial charge in [0, 0.05) is 39.4 Å². The van der Waals surface area contributed by atoms with Gasteiger partial charge in [-0.1, -0.05) is 48.5 Å². The summed E-state index contributed by atoms with van der Waals surface area (Å²) in [7, 11) is 3.38. The summed E-state index contributed by atoms with van der Waals surface area (Å²) < 4.78 is 0. The molecule has 1 saturated heterocycles. The second kappa shape index (κ2) is 9.87. The van der Waals surface area contributed by atoms with Gasteiger partial charge in [0.2, 0.25) is 11.8 Å². The number of fused-ring (bicyclic) bond motifs is 1. The molecule has 0 spiro atoms. The van der Waals surface area contributed by atoms with Gasteiger partial charge in [0.25, 0.3) is 0 Å². The number of nitrogens with zero attached hydrogens (tertiary/aromatic N) is 3. The fraction of sp³-hybridized carbons (Fsp3) is 0.444. The summed E-state index contributed by atoms with van der Waals surface area (Å²) in [4.78, 5) is 45.2. The molecule has 2 heterocycles. The van der Waals surface area contributed by atoms with Crippen molar-refractivity contribution in [2.45, 2.75) is 44.7 Å². The molecular formula is C27H34N4O3. The Morgan fingerprint density at radius 1 is 1.03 bits per heavy atom. The molecule has 2 aromatic rings. The number of likely N-dealkylation sites (N-methyl/N-ethyl adjacent to an activating group) is 1. The number of amides is 4. The summed E-state index contributed by atoms with van der Waals surface area (Å²) in [5.74, 6) is -0.623. The fourth-order valence-electron chi connectivity index (χ4n) is 5.24. The Labute approximate surface area is 201 Å². The first-order valence-electron chi connectivity index (χ1n) is 12.0. The normalized spacial score (nSPS) is 22.0. The third-order valence-electron chi connectivity index (χ3n) is 7.02. The summed E-state index contributed by atoms with van der Waals surface area (Å²) >= 11 is 0. The molecular weight excluding hydrogens is 428 g/mol. The Morgan fingerprint density at radius 3 is 2.47 bits per heavy atom. The van der Waals surface area contributed by atoms with Crippen LogP contribution in [0.1, 0.15) is 37.3 Å². The second-order valence-electron chi connectivity index (χ2n) is 9.71. The minimum Gasteiger partial charge on any atom is -0.347 e. The molecule has 0 bridgehead atoms. The van der Waals surface area contributed by atoms with Crippen LogP contribution in [0.25, 0.3) is 0 Å². The maximum absolute atomic E-state index is 13.8. The number of carbonyl (C=O) groups excluding carboxylic acids is 3. The van der Waals surface area contributed by atoms with Gasteiger partial charge in [0.1, 0.15) is 5.54 Å². The van der Waals surface area contributed by atoms with Crippen molar-refractivity contribution >= 4 is 23.5 Å². The van der Waals surface area contributed by atoms with Gasteiger partial charge >= 0.3 is 6.03 Å². The zero-order chi connectivity index (χ0) is 24.3. The summed E-state index contributed by atoms with van der Waals surface area (Å²) in [6.07, 6.45) is 3.23. The Hall–Kier alpha value is -3.35. The number of hydrogen-bond donors (Lipinski definition) is 1. The first-order valence-corrected chi connectivity index (χ1v) is 12.0. The van der Waals surface area contributed by atoms with E-state index in [1.54, 1.807) is 25.9 Å². The monoisotopic (exact) mass is 462 g/mol. The first-order chi connectivity index (χ1) is 16.3. The van der Waals surface area contributed by atoms with Gasteiger partial charge in [-0.15, -0.1) is 0 Å². The maximum Gasteiger partial charge on any atom is 0.318 e. The van der Waals surface area contributed by atoms with E-state index in [1.165, 1.54) is 10.5 Å². The van der Waals surface area contributed by atoms with Crippen molar-refractivity contribution in [1.29, 1.82) is 0 Å². The van der Waals surface area contributed by atoms with Crippen LogP contribution in [0.4, 0.5) is 10.5 Å². The highest BCUT2D eigenvalue weighted by molar-refractivity contribution is 5.99. The van der Waals surface area contributed by atoms with Crippen LogP contribution in [0.5, 0.6) is 0 Å². The van der Waals surface area contributed by atoms with Gasteiger partial charge in [-0.05, 0) is 49.8 Å². The van der Waals surface area contributed by atoms with Gasteiger partial charge in [0.05, 0.1) is 5.92 Å².